The van der Waals surface area contributed by atoms with Gasteiger partial charge in [0.15, 0.2) is 0 Å². The average molecular weight is 549 g/mol. The molecule has 0 radical (unpaired) electrons. The lowest BCUT2D eigenvalue weighted by molar-refractivity contribution is 0.1000. The fraction of sp³-hybridized carbons (Fsp3) is 0.519. The number of halogens is 1. The first kappa shape index (κ1) is 31.3. The molecule has 0 fully saturated rings. The van der Waals surface area contributed by atoms with Gasteiger partial charge in [0.1, 0.15) is 12.5 Å². The number of thioether (sulfide) groups is 1. The fourth-order valence-corrected chi connectivity index (χ4v) is 4.10. The lowest BCUT2D eigenvalue weighted by Crippen LogP contribution is -2.23. The van der Waals surface area contributed by atoms with E-state index in [-0.39, 0.29) is 5.56 Å². The van der Waals surface area contributed by atoms with Crippen molar-refractivity contribution in [3.05, 3.63) is 46.3 Å². The van der Waals surface area contributed by atoms with Crippen molar-refractivity contribution < 1.29 is 18.7 Å². The molecule has 2 rings (SSSR count). The Morgan fingerprint density at radius 1 is 1.16 bits per heavy atom. The normalized spacial score (nSPS) is 11.7. The number of amides is 1. The molecule has 2 aromatic heterocycles. The van der Waals surface area contributed by atoms with Gasteiger partial charge >= 0.3 is 0 Å². The van der Waals surface area contributed by atoms with Gasteiger partial charge in [-0.25, -0.2) is 14.4 Å². The molecule has 210 valence electrons. The topological polar surface area (TPSA) is 115 Å². The first-order chi connectivity index (χ1) is 18.4. The number of nitrogens with zero attached hydrogens (tertiary/aromatic N) is 3. The Hall–Kier alpha value is -2.89. The first-order valence-electron chi connectivity index (χ1n) is 12.8. The SMILES string of the molecule is CCCOCCCOc1ncc(C(N)=O)cc1-c1cnc(NCNCC)cc1CN(C)/C(CF)=C(/C)SC. The van der Waals surface area contributed by atoms with Crippen LogP contribution in [0.15, 0.2) is 35.1 Å². The number of aromatic nitrogens is 2. The molecular weight excluding hydrogens is 507 g/mol. The summed E-state index contributed by atoms with van der Waals surface area (Å²) in [7, 11) is 1.86. The van der Waals surface area contributed by atoms with E-state index in [1.54, 1.807) is 12.3 Å². The molecular formula is C27H41FN6O3S. The Bertz CT molecular complexity index is 1070. The van der Waals surface area contributed by atoms with Gasteiger partial charge in [0.2, 0.25) is 11.8 Å². The van der Waals surface area contributed by atoms with Crippen LogP contribution < -0.4 is 21.1 Å². The second kappa shape index (κ2) is 16.8. The number of nitrogens with two attached hydrogens (primary N) is 1. The molecule has 4 N–H and O–H groups in total. The summed E-state index contributed by atoms with van der Waals surface area (Å²) in [5, 5.41) is 6.46. The lowest BCUT2D eigenvalue weighted by Gasteiger charge is -2.25. The summed E-state index contributed by atoms with van der Waals surface area (Å²) >= 11 is 1.51. The molecule has 0 aliphatic rings. The number of rotatable bonds is 18. The maximum Gasteiger partial charge on any atom is 0.250 e. The zero-order valence-corrected chi connectivity index (χ0v) is 23.9. The lowest BCUT2D eigenvalue weighted by atomic mass is 10.0. The molecule has 0 saturated carbocycles. The quantitative estimate of drug-likeness (QED) is 0.184. The molecule has 0 saturated heterocycles. The van der Waals surface area contributed by atoms with Crippen molar-refractivity contribution in [3.8, 4) is 17.0 Å². The Morgan fingerprint density at radius 2 is 1.95 bits per heavy atom. The number of alkyl halides is 1. The molecule has 0 aliphatic carbocycles. The molecule has 0 aliphatic heterocycles. The van der Waals surface area contributed by atoms with Gasteiger partial charge in [-0.1, -0.05) is 13.8 Å². The van der Waals surface area contributed by atoms with Gasteiger partial charge in [-0.3, -0.25) is 4.79 Å². The number of hydrogen-bond donors (Lipinski definition) is 3. The van der Waals surface area contributed by atoms with E-state index in [9.17, 15) is 9.18 Å². The predicted molar refractivity (Wildman–Crippen MR) is 153 cm³/mol. The Kier molecular flexibility index (Phi) is 13.9. The number of nitrogens with one attached hydrogen (secondary N) is 2. The highest BCUT2D eigenvalue weighted by Gasteiger charge is 2.19. The number of pyridine rings is 2. The molecule has 2 aromatic rings. The highest BCUT2D eigenvalue weighted by atomic mass is 32.2. The van der Waals surface area contributed by atoms with Crippen molar-refractivity contribution in [3.63, 3.8) is 0 Å². The first-order valence-corrected chi connectivity index (χ1v) is 14.0. The minimum absolute atomic E-state index is 0.259. The third-order valence-corrected chi connectivity index (χ3v) is 6.64. The number of anilines is 1. The van der Waals surface area contributed by atoms with Gasteiger partial charge in [-0.05, 0) is 43.8 Å². The van der Waals surface area contributed by atoms with E-state index in [1.165, 1.54) is 18.0 Å². The smallest absolute Gasteiger partial charge is 0.250 e. The van der Waals surface area contributed by atoms with Crippen molar-refractivity contribution in [2.75, 3.05) is 58.3 Å². The van der Waals surface area contributed by atoms with Crippen LogP contribution in [0, 0.1) is 0 Å². The van der Waals surface area contributed by atoms with Crippen LogP contribution in [0.2, 0.25) is 0 Å². The molecule has 2 heterocycles. The van der Waals surface area contributed by atoms with Crippen molar-refractivity contribution >= 4 is 23.5 Å². The highest BCUT2D eigenvalue weighted by molar-refractivity contribution is 8.02. The molecule has 0 atom stereocenters. The van der Waals surface area contributed by atoms with E-state index in [0.717, 1.165) is 29.0 Å². The minimum atomic E-state index is -0.591. The summed E-state index contributed by atoms with van der Waals surface area (Å²) < 4.78 is 25.5. The number of hydrogen-bond acceptors (Lipinski definition) is 9. The standard InChI is InChI=1S/C27H41FN6O3S/c1-6-9-36-10-8-11-37-27-22(12-20(15-32-27)26(29)35)23-16-31-25(33-18-30-7-2)13-21(23)17-34(4)24(14-28)19(3)38-5/h12-13,15-16,30H,6-11,14,17-18H2,1-5H3,(H2,29,35)(H,31,33)/b24-19-. The number of allylic oxidation sites excluding steroid dienone is 2. The maximum absolute atomic E-state index is 14.0. The number of ether oxygens (including phenoxy) is 2. The molecule has 0 spiro atoms. The van der Waals surface area contributed by atoms with Crippen LogP contribution in [-0.2, 0) is 11.3 Å². The predicted octanol–water partition coefficient (Wildman–Crippen LogP) is 4.41. The monoisotopic (exact) mass is 548 g/mol. The van der Waals surface area contributed by atoms with Gasteiger partial charge in [-0.15, -0.1) is 11.8 Å². The molecule has 38 heavy (non-hydrogen) atoms. The Morgan fingerprint density at radius 3 is 2.61 bits per heavy atom. The van der Waals surface area contributed by atoms with Crippen molar-refractivity contribution in [1.29, 1.82) is 0 Å². The van der Waals surface area contributed by atoms with Crippen LogP contribution in [0.4, 0.5) is 10.2 Å². The van der Waals surface area contributed by atoms with E-state index in [0.29, 0.717) is 62.4 Å². The maximum atomic E-state index is 14.0. The molecule has 9 nitrogen and oxygen atoms in total. The molecule has 0 aromatic carbocycles. The van der Waals surface area contributed by atoms with Crippen molar-refractivity contribution in [2.45, 2.75) is 40.2 Å². The van der Waals surface area contributed by atoms with Crippen LogP contribution in [0.3, 0.4) is 0 Å². The fourth-order valence-electron chi connectivity index (χ4n) is 3.65. The summed E-state index contributed by atoms with van der Waals surface area (Å²) in [6, 6.07) is 3.59. The highest BCUT2D eigenvalue weighted by Crippen LogP contribution is 2.34. The molecule has 1 amide bonds. The van der Waals surface area contributed by atoms with Crippen LogP contribution in [-0.4, -0.2) is 73.8 Å². The summed E-state index contributed by atoms with van der Waals surface area (Å²) in [4.78, 5) is 23.8. The van der Waals surface area contributed by atoms with Crippen LogP contribution in [0.25, 0.3) is 11.1 Å². The summed E-state index contributed by atoms with van der Waals surface area (Å²) in [5.41, 5.74) is 8.61. The number of primary amides is 1. The zero-order chi connectivity index (χ0) is 27.9. The van der Waals surface area contributed by atoms with E-state index < -0.39 is 12.6 Å². The number of carbonyl (C=O) groups is 1. The third-order valence-electron chi connectivity index (χ3n) is 5.79. The zero-order valence-electron chi connectivity index (χ0n) is 23.1. The van der Waals surface area contributed by atoms with Gasteiger partial charge in [0, 0.05) is 61.7 Å². The second-order valence-corrected chi connectivity index (χ2v) is 9.66. The van der Waals surface area contributed by atoms with E-state index in [2.05, 4.69) is 27.5 Å². The molecule has 11 heteroatoms. The summed E-state index contributed by atoms with van der Waals surface area (Å²) in [6.07, 6.45) is 6.71. The largest absolute Gasteiger partial charge is 0.477 e. The van der Waals surface area contributed by atoms with Gasteiger partial charge in [-0.2, -0.15) is 0 Å². The van der Waals surface area contributed by atoms with E-state index in [1.807, 2.05) is 38.1 Å². The van der Waals surface area contributed by atoms with Gasteiger partial charge in [0.25, 0.3) is 0 Å². The third kappa shape index (κ3) is 9.45. The second-order valence-electron chi connectivity index (χ2n) is 8.64. The van der Waals surface area contributed by atoms with Crippen molar-refractivity contribution in [1.82, 2.24) is 20.2 Å². The molecule has 0 bridgehead atoms. The van der Waals surface area contributed by atoms with Gasteiger partial charge in [0.05, 0.1) is 24.5 Å². The number of carbonyl (C=O) groups excluding carboxylic acids is 1. The van der Waals surface area contributed by atoms with Crippen LogP contribution >= 0.6 is 11.8 Å². The van der Waals surface area contributed by atoms with Gasteiger partial charge < -0.3 is 30.7 Å². The minimum Gasteiger partial charge on any atom is -0.477 e. The van der Waals surface area contributed by atoms with Crippen LogP contribution in [0.5, 0.6) is 5.88 Å². The van der Waals surface area contributed by atoms with Crippen molar-refractivity contribution in [2.24, 2.45) is 5.73 Å². The summed E-state index contributed by atoms with van der Waals surface area (Å²) in [5.74, 6) is 0.443. The Balaban J connectivity index is 2.49. The molecule has 0 unspecified atom stereocenters. The van der Waals surface area contributed by atoms with Crippen LogP contribution in [0.1, 0.15) is 49.5 Å². The summed E-state index contributed by atoms with van der Waals surface area (Å²) in [6.45, 7) is 8.85. The average Bonchev–Trinajstić information content (AvgIpc) is 2.91. The Labute approximate surface area is 229 Å². The van der Waals surface area contributed by atoms with E-state index >= 15 is 0 Å². The van der Waals surface area contributed by atoms with E-state index in [4.69, 9.17) is 15.2 Å².